The van der Waals surface area contributed by atoms with Gasteiger partial charge in [0.25, 0.3) is 0 Å². The molecule has 0 saturated carbocycles. The molecule has 0 saturated heterocycles. The van der Waals surface area contributed by atoms with Crippen molar-refractivity contribution in [2.75, 3.05) is 12.4 Å². The fourth-order valence-corrected chi connectivity index (χ4v) is 1.83. The number of nitrogens with zero attached hydrogens (tertiary/aromatic N) is 1. The third-order valence-corrected chi connectivity index (χ3v) is 2.70. The van der Waals surface area contributed by atoms with Crippen molar-refractivity contribution in [3.8, 4) is 11.8 Å². The van der Waals surface area contributed by atoms with Crippen molar-refractivity contribution in [2.24, 2.45) is 0 Å². The maximum absolute atomic E-state index is 13.3. The Morgan fingerprint density at radius 2 is 2.05 bits per heavy atom. The van der Waals surface area contributed by atoms with Crippen LogP contribution in [-0.2, 0) is 0 Å². The van der Waals surface area contributed by atoms with Gasteiger partial charge in [0.05, 0.1) is 24.4 Å². The van der Waals surface area contributed by atoms with Crippen LogP contribution in [0.4, 0.5) is 15.8 Å². The summed E-state index contributed by atoms with van der Waals surface area (Å²) in [6.45, 7) is 0. The van der Waals surface area contributed by atoms with Crippen LogP contribution in [0.5, 0.6) is 5.75 Å². The lowest BCUT2D eigenvalue weighted by atomic mass is 10.2. The van der Waals surface area contributed by atoms with E-state index in [4.69, 9.17) is 21.6 Å². The maximum atomic E-state index is 13.3. The molecule has 0 aromatic heterocycles. The highest BCUT2D eigenvalue weighted by Gasteiger charge is 2.06. The fraction of sp³-hybridized carbons (Fsp3) is 0.0714. The fourth-order valence-electron chi connectivity index (χ4n) is 1.66. The highest BCUT2D eigenvalue weighted by atomic mass is 35.5. The number of hydrogen-bond acceptors (Lipinski definition) is 3. The molecule has 0 atom stereocenters. The molecule has 2 rings (SSSR count). The molecule has 19 heavy (non-hydrogen) atoms. The van der Waals surface area contributed by atoms with E-state index in [0.717, 1.165) is 0 Å². The minimum atomic E-state index is -0.484. The second-order valence-corrected chi connectivity index (χ2v) is 4.25. The average molecular weight is 277 g/mol. The molecule has 2 aromatic carbocycles. The zero-order valence-electron chi connectivity index (χ0n) is 10.1. The normalized spacial score (nSPS) is 9.79. The molecule has 5 heteroatoms. The van der Waals surface area contributed by atoms with Gasteiger partial charge in [0, 0.05) is 10.7 Å². The van der Waals surface area contributed by atoms with Crippen LogP contribution in [-0.4, -0.2) is 7.11 Å². The van der Waals surface area contributed by atoms with E-state index in [9.17, 15) is 4.39 Å². The van der Waals surface area contributed by atoms with Gasteiger partial charge in [-0.25, -0.2) is 4.39 Å². The number of rotatable bonds is 3. The lowest BCUT2D eigenvalue weighted by Gasteiger charge is -2.11. The predicted octanol–water partition coefficient (Wildman–Crippen LogP) is 4.10. The highest BCUT2D eigenvalue weighted by molar-refractivity contribution is 6.31. The topological polar surface area (TPSA) is 45.0 Å². The number of nitriles is 1. The zero-order chi connectivity index (χ0) is 13.8. The van der Waals surface area contributed by atoms with Crippen molar-refractivity contribution in [3.05, 3.63) is 52.8 Å². The summed E-state index contributed by atoms with van der Waals surface area (Å²) in [6.07, 6.45) is 0. The summed E-state index contributed by atoms with van der Waals surface area (Å²) in [5.41, 5.74) is 1.30. The molecule has 3 nitrogen and oxygen atoms in total. The lowest BCUT2D eigenvalue weighted by Crippen LogP contribution is -1.96. The van der Waals surface area contributed by atoms with Crippen LogP contribution < -0.4 is 10.1 Å². The smallest absolute Gasteiger partial charge is 0.142 e. The molecular formula is C14H10ClFN2O. The molecule has 0 aliphatic heterocycles. The van der Waals surface area contributed by atoms with E-state index < -0.39 is 5.82 Å². The first-order valence-electron chi connectivity index (χ1n) is 5.43. The minimum Gasteiger partial charge on any atom is -0.495 e. The van der Waals surface area contributed by atoms with Crippen molar-refractivity contribution in [1.82, 2.24) is 0 Å². The largest absolute Gasteiger partial charge is 0.495 e. The number of nitrogens with one attached hydrogen (secondary N) is 1. The highest BCUT2D eigenvalue weighted by Crippen LogP contribution is 2.30. The van der Waals surface area contributed by atoms with E-state index in [1.807, 2.05) is 6.07 Å². The van der Waals surface area contributed by atoms with Crippen molar-refractivity contribution in [3.63, 3.8) is 0 Å². The monoisotopic (exact) mass is 276 g/mol. The minimum absolute atomic E-state index is 0.239. The summed E-state index contributed by atoms with van der Waals surface area (Å²) in [6, 6.07) is 11.0. The van der Waals surface area contributed by atoms with Gasteiger partial charge in [0.1, 0.15) is 11.6 Å². The van der Waals surface area contributed by atoms with Gasteiger partial charge in [-0.15, -0.1) is 0 Å². The lowest BCUT2D eigenvalue weighted by molar-refractivity contribution is 0.417. The van der Waals surface area contributed by atoms with E-state index in [2.05, 4.69) is 5.32 Å². The van der Waals surface area contributed by atoms with Crippen LogP contribution in [0.3, 0.4) is 0 Å². The summed E-state index contributed by atoms with van der Waals surface area (Å²) in [4.78, 5) is 0. The molecule has 0 bridgehead atoms. The van der Waals surface area contributed by atoms with Gasteiger partial charge in [-0.05, 0) is 36.4 Å². The molecular weight excluding hydrogens is 267 g/mol. The van der Waals surface area contributed by atoms with Gasteiger partial charge >= 0.3 is 0 Å². The van der Waals surface area contributed by atoms with Crippen molar-refractivity contribution in [2.45, 2.75) is 0 Å². The van der Waals surface area contributed by atoms with Crippen LogP contribution in [0, 0.1) is 17.1 Å². The predicted molar refractivity (Wildman–Crippen MR) is 72.4 cm³/mol. The molecule has 96 valence electrons. The first kappa shape index (κ1) is 13.2. The molecule has 0 heterocycles. The molecule has 0 aliphatic rings. The van der Waals surface area contributed by atoms with Gasteiger partial charge in [-0.1, -0.05) is 11.6 Å². The maximum Gasteiger partial charge on any atom is 0.142 e. The summed E-state index contributed by atoms with van der Waals surface area (Å²) in [7, 11) is 1.53. The Kier molecular flexibility index (Phi) is 3.88. The molecule has 0 unspecified atom stereocenters. The van der Waals surface area contributed by atoms with Crippen LogP contribution in [0.1, 0.15) is 5.56 Å². The SMILES string of the molecule is COc1ccc(Cl)cc1Nc1cc(F)cc(C#N)c1. The number of methoxy groups -OCH3 is 1. The van der Waals surface area contributed by atoms with Crippen molar-refractivity contribution >= 4 is 23.0 Å². The third kappa shape index (κ3) is 3.15. The molecule has 0 aliphatic carbocycles. The number of anilines is 2. The van der Waals surface area contributed by atoms with E-state index in [1.165, 1.54) is 19.2 Å². The second kappa shape index (κ2) is 5.59. The van der Waals surface area contributed by atoms with Crippen LogP contribution in [0.25, 0.3) is 0 Å². The number of benzene rings is 2. The summed E-state index contributed by atoms with van der Waals surface area (Å²) in [5, 5.41) is 12.3. The number of hydrogen-bond donors (Lipinski definition) is 1. The summed E-state index contributed by atoms with van der Waals surface area (Å²) < 4.78 is 18.5. The Hall–Kier alpha value is -2.25. The van der Waals surface area contributed by atoms with Gasteiger partial charge in [-0.3, -0.25) is 0 Å². The number of halogens is 2. The van der Waals surface area contributed by atoms with Crippen molar-refractivity contribution < 1.29 is 9.13 Å². The molecule has 0 fully saturated rings. The molecule has 0 amide bonds. The van der Waals surface area contributed by atoms with Crippen molar-refractivity contribution in [1.29, 1.82) is 5.26 Å². The Morgan fingerprint density at radius 1 is 1.26 bits per heavy atom. The Morgan fingerprint density at radius 3 is 2.74 bits per heavy atom. The van der Waals surface area contributed by atoms with E-state index in [0.29, 0.717) is 22.1 Å². The van der Waals surface area contributed by atoms with Gasteiger partial charge < -0.3 is 10.1 Å². The van der Waals surface area contributed by atoms with Gasteiger partial charge in [0.15, 0.2) is 0 Å². The number of ether oxygens (including phenoxy) is 1. The Bertz CT molecular complexity index is 652. The standard InChI is InChI=1S/C14H10ClFN2O/c1-19-14-3-2-10(15)6-13(14)18-12-5-9(8-17)4-11(16)7-12/h2-7,18H,1H3. The first-order valence-corrected chi connectivity index (χ1v) is 5.81. The third-order valence-electron chi connectivity index (χ3n) is 2.47. The van der Waals surface area contributed by atoms with Crippen LogP contribution >= 0.6 is 11.6 Å². The molecule has 0 spiro atoms. The van der Waals surface area contributed by atoms with E-state index in [-0.39, 0.29) is 5.56 Å². The second-order valence-electron chi connectivity index (χ2n) is 3.81. The Labute approximate surface area is 115 Å². The quantitative estimate of drug-likeness (QED) is 0.918. The molecule has 2 aromatic rings. The van der Waals surface area contributed by atoms with E-state index >= 15 is 0 Å². The van der Waals surface area contributed by atoms with Gasteiger partial charge in [-0.2, -0.15) is 5.26 Å². The summed E-state index contributed by atoms with van der Waals surface area (Å²) in [5.74, 6) is 0.0923. The average Bonchev–Trinajstić information content (AvgIpc) is 2.38. The molecule has 0 radical (unpaired) electrons. The molecule has 1 N–H and O–H groups in total. The van der Waals surface area contributed by atoms with Gasteiger partial charge in [0.2, 0.25) is 0 Å². The van der Waals surface area contributed by atoms with Crippen LogP contribution in [0.2, 0.25) is 5.02 Å². The van der Waals surface area contributed by atoms with Crippen LogP contribution in [0.15, 0.2) is 36.4 Å². The first-order chi connectivity index (χ1) is 9.12. The Balaban J connectivity index is 2.38. The van der Waals surface area contributed by atoms with E-state index in [1.54, 1.807) is 24.3 Å². The zero-order valence-corrected chi connectivity index (χ0v) is 10.8. The summed E-state index contributed by atoms with van der Waals surface area (Å²) >= 11 is 5.91.